The molecule has 3 rings (SSSR count). The molecule has 0 N–H and O–H groups in total. The van der Waals surface area contributed by atoms with Crippen molar-refractivity contribution in [2.24, 2.45) is 0 Å². The maximum absolute atomic E-state index is 12.5. The summed E-state index contributed by atoms with van der Waals surface area (Å²) in [4.78, 5) is 29.5. The minimum absolute atomic E-state index is 0.0262. The Morgan fingerprint density at radius 3 is 2.55 bits per heavy atom. The molecule has 100 valence electrons. The van der Waals surface area contributed by atoms with Gasteiger partial charge in [-0.25, -0.2) is 0 Å². The Balaban J connectivity index is 1.94. The van der Waals surface area contributed by atoms with Gasteiger partial charge < -0.3 is 4.90 Å². The Labute approximate surface area is 117 Å². The molecule has 0 bridgehead atoms. The number of pyridine rings is 1. The molecule has 1 amide bonds. The summed E-state index contributed by atoms with van der Waals surface area (Å²) >= 11 is 0. The van der Waals surface area contributed by atoms with Gasteiger partial charge in [-0.3, -0.25) is 14.6 Å². The van der Waals surface area contributed by atoms with Crippen molar-refractivity contribution < 1.29 is 9.59 Å². The molecule has 0 saturated carbocycles. The van der Waals surface area contributed by atoms with Gasteiger partial charge in [0.05, 0.1) is 0 Å². The molecule has 0 saturated heterocycles. The molecular weight excluding hydrogens is 252 g/mol. The smallest absolute Gasteiger partial charge is 0.258 e. The van der Waals surface area contributed by atoms with Gasteiger partial charge >= 0.3 is 0 Å². The van der Waals surface area contributed by atoms with Crippen LogP contribution in [0.25, 0.3) is 0 Å². The number of hydrogen-bond acceptors (Lipinski definition) is 3. The highest BCUT2D eigenvalue weighted by molar-refractivity contribution is 6.07. The molecule has 1 aliphatic heterocycles. The van der Waals surface area contributed by atoms with Gasteiger partial charge in [0.25, 0.3) is 5.91 Å². The van der Waals surface area contributed by atoms with Crippen LogP contribution in [0.4, 0.5) is 5.69 Å². The van der Waals surface area contributed by atoms with Gasteiger partial charge in [0, 0.05) is 35.8 Å². The molecule has 0 radical (unpaired) electrons. The van der Waals surface area contributed by atoms with E-state index in [0.29, 0.717) is 17.7 Å². The minimum atomic E-state index is -0.0262. The van der Waals surface area contributed by atoms with Gasteiger partial charge in [-0.2, -0.15) is 0 Å². The van der Waals surface area contributed by atoms with Crippen LogP contribution in [-0.4, -0.2) is 23.2 Å². The third-order valence-electron chi connectivity index (χ3n) is 3.55. The average molecular weight is 266 g/mol. The summed E-state index contributed by atoms with van der Waals surface area (Å²) in [5.41, 5.74) is 3.28. The number of aromatic nitrogens is 1. The monoisotopic (exact) mass is 266 g/mol. The van der Waals surface area contributed by atoms with Crippen molar-refractivity contribution >= 4 is 17.4 Å². The van der Waals surface area contributed by atoms with Crippen molar-refractivity contribution in [1.82, 2.24) is 4.98 Å². The maximum Gasteiger partial charge on any atom is 0.258 e. The van der Waals surface area contributed by atoms with Crippen molar-refractivity contribution in [3.05, 3.63) is 59.4 Å². The number of nitrogens with zero attached hydrogens (tertiary/aromatic N) is 2. The van der Waals surface area contributed by atoms with Crippen LogP contribution in [0.1, 0.15) is 33.2 Å². The van der Waals surface area contributed by atoms with Crippen LogP contribution in [0.5, 0.6) is 0 Å². The number of rotatable bonds is 2. The summed E-state index contributed by atoms with van der Waals surface area (Å²) in [7, 11) is 0. The third-order valence-corrected chi connectivity index (χ3v) is 3.55. The van der Waals surface area contributed by atoms with Gasteiger partial charge in [-0.1, -0.05) is 0 Å². The van der Waals surface area contributed by atoms with E-state index in [4.69, 9.17) is 0 Å². The molecule has 2 aromatic rings. The second kappa shape index (κ2) is 4.89. The quantitative estimate of drug-likeness (QED) is 0.785. The standard InChI is InChI=1S/C16H14N2O2/c1-11(19)13-2-3-15-14(10-13)6-9-18(15)16(20)12-4-7-17-8-5-12/h2-5,7-8,10H,6,9H2,1H3. The molecular formula is C16H14N2O2. The number of benzene rings is 1. The van der Waals surface area contributed by atoms with E-state index in [2.05, 4.69) is 4.98 Å². The van der Waals surface area contributed by atoms with E-state index in [0.717, 1.165) is 17.7 Å². The Hall–Kier alpha value is -2.49. The van der Waals surface area contributed by atoms with E-state index in [1.807, 2.05) is 12.1 Å². The lowest BCUT2D eigenvalue weighted by Crippen LogP contribution is -2.28. The second-order valence-electron chi connectivity index (χ2n) is 4.84. The SMILES string of the molecule is CC(=O)c1ccc2c(c1)CCN2C(=O)c1ccncc1. The van der Waals surface area contributed by atoms with Crippen molar-refractivity contribution in [3.8, 4) is 0 Å². The fraction of sp³-hybridized carbons (Fsp3) is 0.188. The lowest BCUT2D eigenvalue weighted by molar-refractivity contribution is 0.0987. The number of fused-ring (bicyclic) bond motifs is 1. The van der Waals surface area contributed by atoms with Gasteiger partial charge in [-0.05, 0) is 49.2 Å². The maximum atomic E-state index is 12.5. The molecule has 4 nitrogen and oxygen atoms in total. The summed E-state index contributed by atoms with van der Waals surface area (Å²) in [6, 6.07) is 8.95. The Morgan fingerprint density at radius 2 is 1.85 bits per heavy atom. The van der Waals surface area contributed by atoms with E-state index in [1.165, 1.54) is 0 Å². The minimum Gasteiger partial charge on any atom is -0.308 e. The van der Waals surface area contributed by atoms with Gasteiger partial charge in [0.2, 0.25) is 0 Å². The van der Waals surface area contributed by atoms with Crippen molar-refractivity contribution in [2.45, 2.75) is 13.3 Å². The van der Waals surface area contributed by atoms with Crippen molar-refractivity contribution in [2.75, 3.05) is 11.4 Å². The molecule has 0 unspecified atom stereocenters. The van der Waals surface area contributed by atoms with E-state index < -0.39 is 0 Å². The summed E-state index contributed by atoms with van der Waals surface area (Å²) in [6.45, 7) is 2.20. The molecule has 0 fully saturated rings. The molecule has 2 heterocycles. The molecule has 0 atom stereocenters. The first-order valence-corrected chi connectivity index (χ1v) is 6.52. The molecule has 4 heteroatoms. The first-order chi connectivity index (χ1) is 9.66. The summed E-state index contributed by atoms with van der Waals surface area (Å²) < 4.78 is 0. The molecule has 1 aliphatic rings. The summed E-state index contributed by atoms with van der Waals surface area (Å²) in [5, 5.41) is 0. The lowest BCUT2D eigenvalue weighted by atomic mass is 10.1. The summed E-state index contributed by atoms with van der Waals surface area (Å²) in [5.74, 6) is 0.0217. The predicted octanol–water partition coefficient (Wildman–Crippen LogP) is 2.49. The van der Waals surface area contributed by atoms with Crippen LogP contribution in [0.3, 0.4) is 0 Å². The van der Waals surface area contributed by atoms with Crippen molar-refractivity contribution in [1.29, 1.82) is 0 Å². The zero-order chi connectivity index (χ0) is 14.1. The number of amides is 1. The second-order valence-corrected chi connectivity index (χ2v) is 4.84. The van der Waals surface area contributed by atoms with E-state index >= 15 is 0 Å². The van der Waals surface area contributed by atoms with Crippen LogP contribution < -0.4 is 4.90 Å². The zero-order valence-corrected chi connectivity index (χ0v) is 11.2. The van der Waals surface area contributed by atoms with Crippen LogP contribution in [0, 0.1) is 0 Å². The van der Waals surface area contributed by atoms with E-state index in [-0.39, 0.29) is 11.7 Å². The van der Waals surface area contributed by atoms with E-state index in [9.17, 15) is 9.59 Å². The Bertz CT molecular complexity index is 680. The molecule has 1 aromatic carbocycles. The number of anilines is 1. The normalized spacial score (nSPS) is 13.2. The largest absolute Gasteiger partial charge is 0.308 e. The molecule has 1 aromatic heterocycles. The van der Waals surface area contributed by atoms with Crippen LogP contribution in [0.15, 0.2) is 42.7 Å². The Morgan fingerprint density at radius 1 is 1.10 bits per heavy atom. The highest BCUT2D eigenvalue weighted by atomic mass is 16.2. The van der Waals surface area contributed by atoms with Crippen molar-refractivity contribution in [3.63, 3.8) is 0 Å². The highest BCUT2D eigenvalue weighted by Crippen LogP contribution is 2.30. The average Bonchev–Trinajstić information content (AvgIpc) is 2.90. The topological polar surface area (TPSA) is 50.3 Å². The first kappa shape index (κ1) is 12.5. The number of hydrogen-bond donors (Lipinski definition) is 0. The summed E-state index contributed by atoms with van der Waals surface area (Å²) in [6.07, 6.45) is 4.01. The molecule has 0 aliphatic carbocycles. The number of Topliss-reactive ketones (excluding diaryl/α,β-unsaturated/α-hetero) is 1. The van der Waals surface area contributed by atoms with Crippen LogP contribution >= 0.6 is 0 Å². The van der Waals surface area contributed by atoms with E-state index in [1.54, 1.807) is 42.4 Å². The van der Waals surface area contributed by atoms with Crippen LogP contribution in [0.2, 0.25) is 0 Å². The fourth-order valence-corrected chi connectivity index (χ4v) is 2.48. The Kier molecular flexibility index (Phi) is 3.06. The fourth-order valence-electron chi connectivity index (χ4n) is 2.48. The van der Waals surface area contributed by atoms with Gasteiger partial charge in [0.15, 0.2) is 5.78 Å². The number of carbonyl (C=O) groups is 2. The third kappa shape index (κ3) is 2.09. The van der Waals surface area contributed by atoms with Crippen LogP contribution in [-0.2, 0) is 6.42 Å². The molecule has 20 heavy (non-hydrogen) atoms. The van der Waals surface area contributed by atoms with Gasteiger partial charge in [0.1, 0.15) is 0 Å². The lowest BCUT2D eigenvalue weighted by Gasteiger charge is -2.17. The zero-order valence-electron chi connectivity index (χ0n) is 11.2. The number of carbonyl (C=O) groups excluding carboxylic acids is 2. The van der Waals surface area contributed by atoms with Gasteiger partial charge in [-0.15, -0.1) is 0 Å². The molecule has 0 spiro atoms. The first-order valence-electron chi connectivity index (χ1n) is 6.52. The predicted molar refractivity (Wildman–Crippen MR) is 76.1 cm³/mol. The highest BCUT2D eigenvalue weighted by Gasteiger charge is 2.25. The number of ketones is 1.